The Morgan fingerprint density at radius 2 is 1.79 bits per heavy atom. The summed E-state index contributed by atoms with van der Waals surface area (Å²) in [6.45, 7) is 1.98. The van der Waals surface area contributed by atoms with Crippen molar-refractivity contribution in [2.75, 3.05) is 5.32 Å². The van der Waals surface area contributed by atoms with E-state index < -0.39 is 11.7 Å². The Morgan fingerprint density at radius 1 is 1.07 bits per heavy atom. The average molecular weight is 377 g/mol. The van der Waals surface area contributed by atoms with Crippen LogP contribution >= 0.6 is 0 Å². The predicted octanol–water partition coefficient (Wildman–Crippen LogP) is 3.25. The highest BCUT2D eigenvalue weighted by molar-refractivity contribution is 5.94. The third-order valence-electron chi connectivity index (χ3n) is 4.13. The molecule has 0 bridgehead atoms. The predicted molar refractivity (Wildman–Crippen MR) is 104 cm³/mol. The largest absolute Gasteiger partial charge is 0.444 e. The van der Waals surface area contributed by atoms with Crippen LogP contribution in [-0.4, -0.2) is 21.8 Å². The van der Waals surface area contributed by atoms with E-state index in [-0.39, 0.29) is 30.3 Å². The van der Waals surface area contributed by atoms with Crippen molar-refractivity contribution in [1.82, 2.24) is 9.97 Å². The Kier molecular flexibility index (Phi) is 5.96. The number of rotatable bonds is 6. The van der Waals surface area contributed by atoms with Gasteiger partial charge >= 0.3 is 6.09 Å². The molecule has 0 unspecified atom stereocenters. The Balaban J connectivity index is 1.62. The third kappa shape index (κ3) is 4.91. The number of ketones is 1. The van der Waals surface area contributed by atoms with E-state index in [2.05, 4.69) is 15.3 Å². The molecule has 0 radical (unpaired) electrons. The molecule has 3 aromatic rings. The summed E-state index contributed by atoms with van der Waals surface area (Å²) in [6.07, 6.45) is 0.491. The maximum Gasteiger partial charge on any atom is 0.412 e. The Bertz CT molecular complexity index is 1040. The van der Waals surface area contributed by atoms with E-state index in [1.807, 2.05) is 61.5 Å². The van der Waals surface area contributed by atoms with Crippen molar-refractivity contribution in [3.05, 3.63) is 93.7 Å². The summed E-state index contributed by atoms with van der Waals surface area (Å²) in [4.78, 5) is 42.7. The van der Waals surface area contributed by atoms with Gasteiger partial charge in [0.05, 0.1) is 6.20 Å². The summed E-state index contributed by atoms with van der Waals surface area (Å²) < 4.78 is 5.06. The fourth-order valence-electron chi connectivity index (χ4n) is 2.56. The summed E-state index contributed by atoms with van der Waals surface area (Å²) in [6, 6.07) is 16.6. The number of amides is 1. The highest BCUT2D eigenvalue weighted by Crippen LogP contribution is 2.10. The van der Waals surface area contributed by atoms with Crippen LogP contribution in [0.1, 0.15) is 27.3 Å². The normalized spacial score (nSPS) is 10.3. The Labute approximate surface area is 161 Å². The van der Waals surface area contributed by atoms with E-state index >= 15 is 0 Å². The minimum atomic E-state index is -0.782. The molecular formula is C21H19N3O4. The van der Waals surface area contributed by atoms with Crippen LogP contribution < -0.4 is 10.9 Å². The number of hydrogen-bond acceptors (Lipinski definition) is 5. The molecule has 1 heterocycles. The van der Waals surface area contributed by atoms with Crippen molar-refractivity contribution >= 4 is 17.6 Å². The Hall–Kier alpha value is -3.74. The van der Waals surface area contributed by atoms with Crippen LogP contribution in [-0.2, 0) is 17.8 Å². The lowest BCUT2D eigenvalue weighted by atomic mass is 10.0. The smallest absolute Gasteiger partial charge is 0.412 e. The molecule has 3 rings (SSSR count). The van der Waals surface area contributed by atoms with Gasteiger partial charge in [0.1, 0.15) is 12.3 Å². The molecule has 1 aromatic heterocycles. The monoisotopic (exact) mass is 377 g/mol. The second-order valence-electron chi connectivity index (χ2n) is 6.19. The standard InChI is InChI=1S/C21H19N3O4/c1-14-7-5-6-10-16(14)11-18(25)19-22-12-17(20(26)24-19)23-21(27)28-13-15-8-3-2-4-9-15/h2-10,12H,11,13H2,1H3,(H,23,27)(H,22,24,26). The fraction of sp³-hybridized carbons (Fsp3) is 0.143. The molecule has 0 aliphatic rings. The third-order valence-corrected chi connectivity index (χ3v) is 4.13. The molecule has 0 aliphatic heterocycles. The highest BCUT2D eigenvalue weighted by Gasteiger charge is 2.14. The molecule has 0 saturated carbocycles. The van der Waals surface area contributed by atoms with Crippen molar-refractivity contribution in [1.29, 1.82) is 0 Å². The number of nitrogens with zero attached hydrogens (tertiary/aromatic N) is 1. The van der Waals surface area contributed by atoms with Crippen LogP contribution in [0, 0.1) is 6.92 Å². The first-order chi connectivity index (χ1) is 13.5. The van der Waals surface area contributed by atoms with Crippen molar-refractivity contribution in [2.45, 2.75) is 20.0 Å². The summed E-state index contributed by atoms with van der Waals surface area (Å²) in [5.74, 6) is -0.374. The molecule has 142 valence electrons. The van der Waals surface area contributed by atoms with Gasteiger partial charge in [0.25, 0.3) is 5.56 Å². The second kappa shape index (κ2) is 8.77. The zero-order valence-electron chi connectivity index (χ0n) is 15.3. The molecule has 2 N–H and O–H groups in total. The van der Waals surface area contributed by atoms with Crippen LogP contribution in [0.25, 0.3) is 0 Å². The van der Waals surface area contributed by atoms with Gasteiger partial charge in [-0.2, -0.15) is 0 Å². The number of hydrogen-bond donors (Lipinski definition) is 2. The second-order valence-corrected chi connectivity index (χ2v) is 6.19. The number of H-pyrrole nitrogens is 1. The minimum Gasteiger partial charge on any atom is -0.444 e. The topological polar surface area (TPSA) is 101 Å². The summed E-state index contributed by atoms with van der Waals surface area (Å²) >= 11 is 0. The number of anilines is 1. The maximum absolute atomic E-state index is 12.4. The molecule has 28 heavy (non-hydrogen) atoms. The van der Waals surface area contributed by atoms with Crippen molar-refractivity contribution < 1.29 is 14.3 Å². The highest BCUT2D eigenvalue weighted by atomic mass is 16.5. The van der Waals surface area contributed by atoms with Gasteiger partial charge in [-0.05, 0) is 23.6 Å². The number of Topliss-reactive ketones (excluding diaryl/α,β-unsaturated/α-hetero) is 1. The zero-order chi connectivity index (χ0) is 19.9. The molecule has 0 aliphatic carbocycles. The lowest BCUT2D eigenvalue weighted by Crippen LogP contribution is -2.23. The summed E-state index contributed by atoms with van der Waals surface area (Å²) in [7, 11) is 0. The van der Waals surface area contributed by atoms with Gasteiger partial charge < -0.3 is 9.72 Å². The van der Waals surface area contributed by atoms with Crippen molar-refractivity contribution in [3.8, 4) is 0 Å². The first kappa shape index (κ1) is 19.0. The van der Waals surface area contributed by atoms with Crippen LogP contribution in [0.3, 0.4) is 0 Å². The van der Waals surface area contributed by atoms with Crippen LogP contribution in [0.15, 0.2) is 65.6 Å². The molecule has 0 saturated heterocycles. The quantitative estimate of drug-likeness (QED) is 0.642. The molecule has 0 atom stereocenters. The number of aromatic nitrogens is 2. The van der Waals surface area contributed by atoms with E-state index in [0.717, 1.165) is 22.9 Å². The van der Waals surface area contributed by atoms with Crippen molar-refractivity contribution in [2.24, 2.45) is 0 Å². The fourth-order valence-corrected chi connectivity index (χ4v) is 2.56. The Morgan fingerprint density at radius 3 is 2.50 bits per heavy atom. The molecule has 0 fully saturated rings. The van der Waals surface area contributed by atoms with Gasteiger partial charge in [0.15, 0.2) is 5.82 Å². The zero-order valence-corrected chi connectivity index (χ0v) is 15.3. The number of aryl methyl sites for hydroxylation is 1. The van der Waals surface area contributed by atoms with Gasteiger partial charge in [0.2, 0.25) is 5.78 Å². The molecule has 7 nitrogen and oxygen atoms in total. The maximum atomic E-state index is 12.4. The molecule has 1 amide bonds. The van der Waals surface area contributed by atoms with Gasteiger partial charge in [0, 0.05) is 6.42 Å². The van der Waals surface area contributed by atoms with E-state index in [4.69, 9.17) is 4.74 Å². The van der Waals surface area contributed by atoms with E-state index in [9.17, 15) is 14.4 Å². The number of nitrogens with one attached hydrogen (secondary N) is 2. The van der Waals surface area contributed by atoms with Gasteiger partial charge in [-0.15, -0.1) is 0 Å². The first-order valence-electron chi connectivity index (χ1n) is 8.67. The van der Waals surface area contributed by atoms with E-state index in [0.29, 0.717) is 0 Å². The molecule has 7 heteroatoms. The first-order valence-corrected chi connectivity index (χ1v) is 8.67. The van der Waals surface area contributed by atoms with E-state index in [1.54, 1.807) is 0 Å². The summed E-state index contributed by atoms with van der Waals surface area (Å²) in [5, 5.41) is 2.33. The average Bonchev–Trinajstić information content (AvgIpc) is 2.70. The molecular weight excluding hydrogens is 358 g/mol. The van der Waals surface area contributed by atoms with Gasteiger partial charge in [-0.3, -0.25) is 14.9 Å². The van der Waals surface area contributed by atoms with Gasteiger partial charge in [-0.25, -0.2) is 9.78 Å². The summed E-state index contributed by atoms with van der Waals surface area (Å²) in [5.41, 5.74) is 1.95. The lowest BCUT2D eigenvalue weighted by molar-refractivity contribution is 0.0982. The number of aromatic amines is 1. The van der Waals surface area contributed by atoms with Crippen LogP contribution in [0.2, 0.25) is 0 Å². The SMILES string of the molecule is Cc1ccccc1CC(=O)c1ncc(NC(=O)OCc2ccccc2)c(=O)[nH]1. The number of carbonyl (C=O) groups is 2. The van der Waals surface area contributed by atoms with Crippen LogP contribution in [0.5, 0.6) is 0 Å². The van der Waals surface area contributed by atoms with Gasteiger partial charge in [-0.1, -0.05) is 54.6 Å². The number of carbonyl (C=O) groups excluding carboxylic acids is 2. The molecule has 2 aromatic carbocycles. The minimum absolute atomic E-state index is 0.0588. The lowest BCUT2D eigenvalue weighted by Gasteiger charge is -2.07. The number of ether oxygens (including phenoxy) is 1. The van der Waals surface area contributed by atoms with E-state index in [1.165, 1.54) is 0 Å². The number of benzene rings is 2. The van der Waals surface area contributed by atoms with Crippen LogP contribution in [0.4, 0.5) is 10.5 Å². The van der Waals surface area contributed by atoms with Crippen molar-refractivity contribution in [3.63, 3.8) is 0 Å². The molecule has 0 spiro atoms.